The summed E-state index contributed by atoms with van der Waals surface area (Å²) in [4.78, 5) is 0. The van der Waals surface area contributed by atoms with Crippen molar-refractivity contribution in [1.29, 1.82) is 0 Å². The fourth-order valence-electron chi connectivity index (χ4n) is 9.01. The maximum absolute atomic E-state index is 15.2. The van der Waals surface area contributed by atoms with Gasteiger partial charge in [-0.25, -0.2) is 13.2 Å². The van der Waals surface area contributed by atoms with E-state index in [0.717, 1.165) is 79.8 Å². The van der Waals surface area contributed by atoms with Crippen molar-refractivity contribution in [2.75, 3.05) is 6.67 Å². The summed E-state index contributed by atoms with van der Waals surface area (Å²) >= 11 is 0. The summed E-state index contributed by atoms with van der Waals surface area (Å²) in [5.41, 5.74) is 2.22. The third-order valence-corrected chi connectivity index (χ3v) is 11.8. The molecule has 0 saturated heterocycles. The lowest BCUT2D eigenvalue weighted by Crippen LogP contribution is -2.26. The highest BCUT2D eigenvalue weighted by Gasteiger charge is 2.33. The first-order chi connectivity index (χ1) is 19.0. The van der Waals surface area contributed by atoms with Crippen LogP contribution >= 0.6 is 0 Å². The third kappa shape index (κ3) is 7.73. The standard InChI is InChI=1S/C36H53F3/c1-25-2-10-30(11-3-25)33-20-21-34(36(39)24-33)31-14-8-27(9-15-31)5-4-26-6-12-28(13-7-26)29-16-18-32(19-17-29)35(38)22-23-37/h20-22,24-32H,2-19,23H2,1H3/b35-22-. The highest BCUT2D eigenvalue weighted by molar-refractivity contribution is 5.30. The van der Waals surface area contributed by atoms with Gasteiger partial charge in [0.05, 0.1) is 0 Å². The molecule has 3 heteroatoms. The van der Waals surface area contributed by atoms with Gasteiger partial charge in [-0.2, -0.15) is 0 Å². The molecule has 4 saturated carbocycles. The Hall–Kier alpha value is -1.25. The van der Waals surface area contributed by atoms with Crippen LogP contribution in [-0.2, 0) is 0 Å². The Bertz CT molecular complexity index is 905. The van der Waals surface area contributed by atoms with E-state index >= 15 is 4.39 Å². The average molecular weight is 543 g/mol. The maximum atomic E-state index is 15.2. The molecule has 0 spiro atoms. The lowest BCUT2D eigenvalue weighted by atomic mass is 9.68. The average Bonchev–Trinajstić information content (AvgIpc) is 2.97. The van der Waals surface area contributed by atoms with Crippen molar-refractivity contribution in [1.82, 2.24) is 0 Å². The van der Waals surface area contributed by atoms with Crippen molar-refractivity contribution in [3.8, 4) is 0 Å². The Balaban J connectivity index is 0.994. The Morgan fingerprint density at radius 1 is 0.718 bits per heavy atom. The van der Waals surface area contributed by atoms with Crippen LogP contribution in [0.2, 0.25) is 0 Å². The number of allylic oxidation sites excluding steroid dienone is 2. The SMILES string of the molecule is CC1CCC(c2ccc(C3CCC(CCC4CCC(C5CCC(/C(F)=C/CF)CC5)CC4)CC3)c(F)c2)CC1. The molecule has 0 N–H and O–H groups in total. The fourth-order valence-corrected chi connectivity index (χ4v) is 9.01. The summed E-state index contributed by atoms with van der Waals surface area (Å²) in [5.74, 6) is 4.93. The minimum absolute atomic E-state index is 0.0233. The van der Waals surface area contributed by atoms with Gasteiger partial charge in [-0.15, -0.1) is 0 Å². The first-order valence-electron chi connectivity index (χ1n) is 16.7. The minimum atomic E-state index is -0.677. The zero-order valence-electron chi connectivity index (χ0n) is 24.5. The minimum Gasteiger partial charge on any atom is -0.246 e. The Labute approximate surface area is 236 Å². The van der Waals surface area contributed by atoms with E-state index in [2.05, 4.69) is 19.1 Å². The smallest absolute Gasteiger partial charge is 0.126 e. The number of hydrogen-bond acceptors (Lipinski definition) is 0. The van der Waals surface area contributed by atoms with Crippen molar-refractivity contribution in [2.24, 2.45) is 35.5 Å². The van der Waals surface area contributed by atoms with Gasteiger partial charge in [0, 0.05) is 5.92 Å². The van der Waals surface area contributed by atoms with E-state index in [0.29, 0.717) is 11.8 Å². The maximum Gasteiger partial charge on any atom is 0.126 e. The molecule has 5 rings (SSSR count). The molecule has 4 aliphatic carbocycles. The predicted octanol–water partition coefficient (Wildman–Crippen LogP) is 11.6. The molecule has 39 heavy (non-hydrogen) atoms. The van der Waals surface area contributed by atoms with Gasteiger partial charge >= 0.3 is 0 Å². The van der Waals surface area contributed by atoms with Crippen LogP contribution in [0.25, 0.3) is 0 Å². The Morgan fingerprint density at radius 3 is 1.82 bits per heavy atom. The van der Waals surface area contributed by atoms with Crippen molar-refractivity contribution in [3.05, 3.63) is 47.0 Å². The van der Waals surface area contributed by atoms with E-state index in [1.807, 2.05) is 6.07 Å². The van der Waals surface area contributed by atoms with Crippen LogP contribution in [0.3, 0.4) is 0 Å². The number of halogens is 3. The summed E-state index contributed by atoms with van der Waals surface area (Å²) in [5, 5.41) is 0. The quantitative estimate of drug-likeness (QED) is 0.306. The topological polar surface area (TPSA) is 0 Å². The van der Waals surface area contributed by atoms with E-state index in [1.54, 1.807) is 0 Å². The lowest BCUT2D eigenvalue weighted by molar-refractivity contribution is 0.141. The zero-order valence-corrected chi connectivity index (χ0v) is 24.5. The molecule has 0 bridgehead atoms. The largest absolute Gasteiger partial charge is 0.246 e. The molecule has 4 aliphatic rings. The molecule has 1 aromatic rings. The number of hydrogen-bond donors (Lipinski definition) is 0. The van der Waals surface area contributed by atoms with Gasteiger partial charge in [-0.1, -0.05) is 57.6 Å². The van der Waals surface area contributed by atoms with E-state index in [9.17, 15) is 8.78 Å². The molecule has 218 valence electrons. The number of rotatable bonds is 8. The van der Waals surface area contributed by atoms with Crippen molar-refractivity contribution in [2.45, 2.75) is 134 Å². The van der Waals surface area contributed by atoms with E-state index < -0.39 is 6.67 Å². The Morgan fingerprint density at radius 2 is 1.26 bits per heavy atom. The highest BCUT2D eigenvalue weighted by atomic mass is 19.1. The van der Waals surface area contributed by atoms with E-state index in [4.69, 9.17) is 0 Å². The van der Waals surface area contributed by atoms with Gasteiger partial charge in [0.2, 0.25) is 0 Å². The predicted molar refractivity (Wildman–Crippen MR) is 157 cm³/mol. The molecule has 0 radical (unpaired) electrons. The summed E-state index contributed by atoms with van der Waals surface area (Å²) in [6, 6.07) is 6.26. The fraction of sp³-hybridized carbons (Fsp3) is 0.778. The molecule has 0 nitrogen and oxygen atoms in total. The van der Waals surface area contributed by atoms with Gasteiger partial charge in [-0.05, 0) is 142 Å². The van der Waals surface area contributed by atoms with Crippen LogP contribution in [0.15, 0.2) is 30.1 Å². The summed E-state index contributed by atoms with van der Waals surface area (Å²) < 4.78 is 41.6. The highest BCUT2D eigenvalue weighted by Crippen LogP contribution is 2.45. The molecule has 0 aliphatic heterocycles. The second kappa shape index (κ2) is 14.1. The second-order valence-corrected chi connectivity index (χ2v) is 14.2. The van der Waals surface area contributed by atoms with Gasteiger partial charge in [0.15, 0.2) is 0 Å². The van der Waals surface area contributed by atoms with Gasteiger partial charge in [0.25, 0.3) is 0 Å². The summed E-state index contributed by atoms with van der Waals surface area (Å²) in [6.07, 6.45) is 23.2. The monoisotopic (exact) mass is 542 g/mol. The first-order valence-corrected chi connectivity index (χ1v) is 16.7. The molecule has 0 heterocycles. The molecular weight excluding hydrogens is 489 g/mol. The van der Waals surface area contributed by atoms with E-state index in [1.165, 1.54) is 82.6 Å². The molecular formula is C36H53F3. The number of alkyl halides is 1. The number of benzene rings is 1. The van der Waals surface area contributed by atoms with Crippen LogP contribution in [0.1, 0.15) is 145 Å². The van der Waals surface area contributed by atoms with Crippen molar-refractivity contribution < 1.29 is 13.2 Å². The lowest BCUT2D eigenvalue weighted by Gasteiger charge is -2.38. The second-order valence-electron chi connectivity index (χ2n) is 14.2. The molecule has 0 atom stereocenters. The summed E-state index contributed by atoms with van der Waals surface area (Å²) in [7, 11) is 0. The van der Waals surface area contributed by atoms with Crippen molar-refractivity contribution >= 4 is 0 Å². The third-order valence-electron chi connectivity index (χ3n) is 11.8. The van der Waals surface area contributed by atoms with Gasteiger partial charge in [0.1, 0.15) is 18.3 Å². The molecule has 1 aromatic carbocycles. The van der Waals surface area contributed by atoms with Crippen LogP contribution in [0.4, 0.5) is 13.2 Å². The van der Waals surface area contributed by atoms with Crippen LogP contribution in [0.5, 0.6) is 0 Å². The van der Waals surface area contributed by atoms with E-state index in [-0.39, 0.29) is 17.6 Å². The molecule has 4 fully saturated rings. The Kier molecular flexibility index (Phi) is 10.6. The normalized spacial score (nSPS) is 36.6. The zero-order chi connectivity index (χ0) is 27.2. The first kappa shape index (κ1) is 29.2. The van der Waals surface area contributed by atoms with Crippen molar-refractivity contribution in [3.63, 3.8) is 0 Å². The van der Waals surface area contributed by atoms with Gasteiger partial charge < -0.3 is 0 Å². The summed E-state index contributed by atoms with van der Waals surface area (Å²) in [6.45, 7) is 1.67. The van der Waals surface area contributed by atoms with Crippen LogP contribution < -0.4 is 0 Å². The van der Waals surface area contributed by atoms with Crippen LogP contribution in [0, 0.1) is 41.3 Å². The van der Waals surface area contributed by atoms with Crippen LogP contribution in [-0.4, -0.2) is 6.67 Å². The molecule has 0 amide bonds. The molecule has 0 unspecified atom stereocenters. The molecule has 0 aromatic heterocycles. The van der Waals surface area contributed by atoms with Gasteiger partial charge in [-0.3, -0.25) is 0 Å².